The number of pyridine rings is 1. The van der Waals surface area contributed by atoms with E-state index in [1.54, 1.807) is 44.6 Å². The van der Waals surface area contributed by atoms with E-state index in [1.807, 2.05) is 42.5 Å². The zero-order valence-corrected chi connectivity index (χ0v) is 24.7. The van der Waals surface area contributed by atoms with Crippen LogP contribution in [0.1, 0.15) is 11.4 Å². The number of halogens is 2. The quantitative estimate of drug-likeness (QED) is 0.157. The third-order valence-corrected chi connectivity index (χ3v) is 4.50. The summed E-state index contributed by atoms with van der Waals surface area (Å²) in [5.41, 5.74) is 3.60. The van der Waals surface area contributed by atoms with Gasteiger partial charge in [-0.15, -0.1) is 42.0 Å². The van der Waals surface area contributed by atoms with E-state index in [4.69, 9.17) is 0 Å². The second-order valence-corrected chi connectivity index (χ2v) is 11.5. The van der Waals surface area contributed by atoms with Crippen LogP contribution in [0, 0.1) is 37.6 Å². The van der Waals surface area contributed by atoms with Gasteiger partial charge in [-0.25, -0.2) is 0 Å². The van der Waals surface area contributed by atoms with E-state index in [-0.39, 0.29) is 40.3 Å². The molecule has 3 heterocycles. The van der Waals surface area contributed by atoms with Gasteiger partial charge >= 0.3 is 0 Å². The summed E-state index contributed by atoms with van der Waals surface area (Å²) >= 11 is 0. The molecule has 2 aromatic carbocycles. The minimum atomic E-state index is -0.724. The Morgan fingerprint density at radius 2 is 1.32 bits per heavy atom. The maximum Gasteiger partial charge on any atom is 0.0597 e. The van der Waals surface area contributed by atoms with Crippen LogP contribution in [-0.2, 0) is 20.1 Å². The summed E-state index contributed by atoms with van der Waals surface area (Å²) in [5, 5.41) is 8.21. The summed E-state index contributed by atoms with van der Waals surface area (Å²) < 4.78 is 30.4. The Hall–Kier alpha value is -3.26. The zero-order chi connectivity index (χ0) is 26.1. The number of hydrogen-bond acceptors (Lipinski definition) is 3. The molecule has 0 atom stereocenters. The molecular weight excluding hydrogens is 665 g/mol. The number of nitrogens with zero attached hydrogens (tertiary/aromatic N) is 5. The van der Waals surface area contributed by atoms with Gasteiger partial charge in [-0.1, -0.05) is 37.8 Å². The van der Waals surface area contributed by atoms with Gasteiger partial charge in [0, 0.05) is 59.1 Å². The molecule has 0 bridgehead atoms. The van der Waals surface area contributed by atoms with Crippen molar-refractivity contribution >= 4 is 8.80 Å². The molecule has 0 spiro atoms. The molecule has 0 amide bonds. The number of hydrogen-bond donors (Lipinski definition) is 0. The minimum absolute atomic E-state index is 0. The van der Waals surface area contributed by atoms with Crippen LogP contribution >= 0.6 is 0 Å². The Kier molecular flexibility index (Phi) is 11.7. The first kappa shape index (κ1) is 30.0. The van der Waals surface area contributed by atoms with Crippen molar-refractivity contribution in [3.05, 3.63) is 114 Å². The fourth-order valence-corrected chi connectivity index (χ4v) is 2.97. The molecule has 5 aromatic rings. The van der Waals surface area contributed by atoms with Gasteiger partial charge in [-0.2, -0.15) is 10.2 Å². The van der Waals surface area contributed by atoms with Crippen molar-refractivity contribution in [2.45, 2.75) is 33.5 Å². The molecule has 0 aliphatic carbocycles. The van der Waals surface area contributed by atoms with E-state index in [9.17, 15) is 8.78 Å². The largest absolute Gasteiger partial charge is 0.305 e. The van der Waals surface area contributed by atoms with E-state index in [0.717, 1.165) is 28.7 Å². The molecule has 0 aliphatic heterocycles. The smallest absolute Gasteiger partial charge is 0.0597 e. The SMILES string of the molecule is C[Si](C)C.Cc1ccn(-c2[c-]c(-n3ccc(C)n3)c(F)cc2F)n1.[Ir].[c-]1ccccc1-c1ccccn1. The average Bonchev–Trinajstić information content (AvgIpc) is 3.48. The first-order chi connectivity index (χ1) is 17.2. The molecule has 194 valence electrons. The minimum Gasteiger partial charge on any atom is -0.305 e. The molecule has 0 saturated heterocycles. The summed E-state index contributed by atoms with van der Waals surface area (Å²) in [5.74, 6) is -1.45. The number of benzene rings is 2. The van der Waals surface area contributed by atoms with Crippen molar-refractivity contribution in [1.29, 1.82) is 0 Å². The van der Waals surface area contributed by atoms with Gasteiger partial charge in [0.15, 0.2) is 0 Å². The third-order valence-electron chi connectivity index (χ3n) is 4.50. The van der Waals surface area contributed by atoms with Crippen LogP contribution in [0.5, 0.6) is 0 Å². The molecule has 5 nitrogen and oxygen atoms in total. The van der Waals surface area contributed by atoms with Gasteiger partial charge in [-0.05, 0) is 49.1 Å². The molecular formula is C28H28F2IrN5Si-2. The van der Waals surface area contributed by atoms with Crippen LogP contribution in [-0.4, -0.2) is 33.3 Å². The van der Waals surface area contributed by atoms with Crippen molar-refractivity contribution in [1.82, 2.24) is 24.5 Å². The van der Waals surface area contributed by atoms with Crippen molar-refractivity contribution in [2.24, 2.45) is 0 Å². The fourth-order valence-electron chi connectivity index (χ4n) is 2.97. The summed E-state index contributed by atoms with van der Waals surface area (Å²) in [4.78, 5) is 4.22. The Labute approximate surface area is 232 Å². The molecule has 5 rings (SSSR count). The summed E-state index contributed by atoms with van der Waals surface area (Å²) in [6.45, 7) is 10.4. The van der Waals surface area contributed by atoms with Gasteiger partial charge in [-0.3, -0.25) is 18.1 Å². The first-order valence-electron chi connectivity index (χ1n) is 11.4. The van der Waals surface area contributed by atoms with Gasteiger partial charge < -0.3 is 4.98 Å². The maximum absolute atomic E-state index is 13.9. The van der Waals surface area contributed by atoms with E-state index in [2.05, 4.69) is 47.0 Å². The Morgan fingerprint density at radius 1 is 0.784 bits per heavy atom. The summed E-state index contributed by atoms with van der Waals surface area (Å²) in [6.07, 6.45) is 4.98. The zero-order valence-electron chi connectivity index (χ0n) is 21.3. The third kappa shape index (κ3) is 8.96. The summed E-state index contributed by atoms with van der Waals surface area (Å²) in [6, 6.07) is 23.8. The molecule has 3 aromatic heterocycles. The normalized spacial score (nSPS) is 10.1. The topological polar surface area (TPSA) is 48.5 Å². The molecule has 0 saturated carbocycles. The average molecular weight is 693 g/mol. The molecule has 0 aliphatic rings. The molecule has 0 fully saturated rings. The molecule has 0 unspecified atom stereocenters. The van der Waals surface area contributed by atoms with E-state index < -0.39 is 11.6 Å². The van der Waals surface area contributed by atoms with E-state index in [1.165, 1.54) is 9.36 Å². The number of rotatable bonds is 3. The molecule has 9 heteroatoms. The molecule has 2 radical (unpaired) electrons. The predicted octanol–water partition coefficient (Wildman–Crippen LogP) is 6.67. The number of aromatic nitrogens is 5. The molecule has 0 N–H and O–H groups in total. The van der Waals surface area contributed by atoms with Crippen LogP contribution in [0.3, 0.4) is 0 Å². The van der Waals surface area contributed by atoms with Crippen molar-refractivity contribution < 1.29 is 28.9 Å². The second kappa shape index (κ2) is 14.5. The van der Waals surface area contributed by atoms with Crippen molar-refractivity contribution in [3.8, 4) is 22.6 Å². The van der Waals surface area contributed by atoms with Crippen LogP contribution < -0.4 is 0 Å². The van der Waals surface area contributed by atoms with Gasteiger partial charge in [0.25, 0.3) is 0 Å². The van der Waals surface area contributed by atoms with Crippen molar-refractivity contribution in [2.75, 3.05) is 0 Å². The van der Waals surface area contributed by atoms with E-state index in [0.29, 0.717) is 0 Å². The second-order valence-electron chi connectivity index (χ2n) is 8.46. The Morgan fingerprint density at radius 3 is 1.73 bits per heavy atom. The standard InChI is InChI=1S/C14H11F2N4.C11H8N.C3H9Si.Ir/c1-9-3-5-19(17-9)13-8-14(12(16)7-11(13)15)20-6-4-10(2)18-20;1-2-6-10(7-3-1)11-8-4-5-9-12-11;1-4(2)3;/h3-7H,1-2H3;1-6,8-9H;1-3H3;/q2*-1;;. The monoisotopic (exact) mass is 693 g/mol. The van der Waals surface area contributed by atoms with Gasteiger partial charge in [0.05, 0.1) is 11.4 Å². The molecule has 37 heavy (non-hydrogen) atoms. The maximum atomic E-state index is 13.9. The first-order valence-corrected chi connectivity index (χ1v) is 14.4. The van der Waals surface area contributed by atoms with E-state index >= 15 is 0 Å². The predicted molar refractivity (Wildman–Crippen MR) is 141 cm³/mol. The van der Waals surface area contributed by atoms with Crippen LogP contribution in [0.25, 0.3) is 22.6 Å². The Balaban J connectivity index is 0.000000241. The van der Waals surface area contributed by atoms with Crippen LogP contribution in [0.2, 0.25) is 19.6 Å². The summed E-state index contributed by atoms with van der Waals surface area (Å²) in [7, 11) is 0.120. The van der Waals surface area contributed by atoms with Gasteiger partial charge in [0.1, 0.15) is 0 Å². The van der Waals surface area contributed by atoms with Crippen LogP contribution in [0.15, 0.2) is 79.3 Å². The van der Waals surface area contributed by atoms with Crippen molar-refractivity contribution in [3.63, 3.8) is 0 Å². The van der Waals surface area contributed by atoms with Crippen LogP contribution in [0.4, 0.5) is 8.78 Å². The number of aryl methyl sites for hydroxylation is 2. The fraction of sp³-hybridized carbons (Fsp3) is 0.179. The van der Waals surface area contributed by atoms with Gasteiger partial charge in [0.2, 0.25) is 0 Å². The Bertz CT molecular complexity index is 1270.